The second-order valence-electron chi connectivity index (χ2n) is 8.66. The standard InChI is InChI=1S/C23H35FN4O2/c1-18-5-2-3-14-27(18)16-13-25-22(29)12-7-19-6-4-15-28(17-19)23(30)26-21-10-8-20(24)9-11-21/h8-11,18-19H,2-7,12-17H2,1H3,(H,25,29)(H,26,30)/t18-,19+/m1/s1. The van der Waals surface area contributed by atoms with Crippen molar-refractivity contribution in [2.45, 2.75) is 57.9 Å². The molecular formula is C23H35FN4O2. The predicted molar refractivity (Wildman–Crippen MR) is 117 cm³/mol. The first-order chi connectivity index (χ1) is 14.5. The van der Waals surface area contributed by atoms with Crippen LogP contribution < -0.4 is 10.6 Å². The van der Waals surface area contributed by atoms with Crippen LogP contribution in [-0.2, 0) is 4.79 Å². The van der Waals surface area contributed by atoms with Gasteiger partial charge in [-0.25, -0.2) is 9.18 Å². The summed E-state index contributed by atoms with van der Waals surface area (Å²) < 4.78 is 13.0. The quantitative estimate of drug-likeness (QED) is 0.707. The van der Waals surface area contributed by atoms with Crippen LogP contribution in [0.3, 0.4) is 0 Å². The van der Waals surface area contributed by atoms with Crippen molar-refractivity contribution in [2.24, 2.45) is 5.92 Å². The summed E-state index contributed by atoms with van der Waals surface area (Å²) in [6.07, 6.45) is 7.10. The summed E-state index contributed by atoms with van der Waals surface area (Å²) >= 11 is 0. The molecule has 2 aliphatic heterocycles. The molecule has 1 aromatic rings. The Morgan fingerprint density at radius 3 is 2.67 bits per heavy atom. The Bertz CT molecular complexity index is 697. The molecule has 3 amide bonds. The Morgan fingerprint density at radius 1 is 1.10 bits per heavy atom. The van der Waals surface area contributed by atoms with Crippen LogP contribution in [0.4, 0.5) is 14.9 Å². The molecule has 0 unspecified atom stereocenters. The fourth-order valence-electron chi connectivity index (χ4n) is 4.47. The number of nitrogens with one attached hydrogen (secondary N) is 2. The van der Waals surface area contributed by atoms with E-state index in [4.69, 9.17) is 0 Å². The van der Waals surface area contributed by atoms with E-state index in [0.29, 0.717) is 43.7 Å². The summed E-state index contributed by atoms with van der Waals surface area (Å²) in [5, 5.41) is 5.88. The van der Waals surface area contributed by atoms with Crippen LogP contribution in [0.15, 0.2) is 24.3 Å². The number of halogens is 1. The minimum absolute atomic E-state index is 0.104. The molecule has 166 valence electrons. The number of amides is 3. The number of carbonyl (C=O) groups excluding carboxylic acids is 2. The molecule has 30 heavy (non-hydrogen) atoms. The van der Waals surface area contributed by atoms with Crippen molar-refractivity contribution in [3.05, 3.63) is 30.1 Å². The number of hydrogen-bond acceptors (Lipinski definition) is 3. The molecule has 2 heterocycles. The van der Waals surface area contributed by atoms with E-state index in [9.17, 15) is 14.0 Å². The normalized spacial score (nSPS) is 22.5. The average molecular weight is 419 g/mol. The predicted octanol–water partition coefficient (Wildman–Crippen LogP) is 3.84. The van der Waals surface area contributed by atoms with Gasteiger partial charge in [-0.2, -0.15) is 0 Å². The van der Waals surface area contributed by atoms with Crippen molar-refractivity contribution in [1.29, 1.82) is 0 Å². The van der Waals surface area contributed by atoms with Gasteiger partial charge in [-0.05, 0) is 75.8 Å². The lowest BCUT2D eigenvalue weighted by molar-refractivity contribution is -0.121. The van der Waals surface area contributed by atoms with Crippen LogP contribution in [0, 0.1) is 11.7 Å². The highest BCUT2D eigenvalue weighted by Crippen LogP contribution is 2.22. The maximum absolute atomic E-state index is 13.0. The maximum Gasteiger partial charge on any atom is 0.321 e. The number of anilines is 1. The van der Waals surface area contributed by atoms with Gasteiger partial charge in [-0.15, -0.1) is 0 Å². The Kier molecular flexibility index (Phi) is 8.49. The second kappa shape index (κ2) is 11.3. The summed E-state index contributed by atoms with van der Waals surface area (Å²) in [6, 6.07) is 6.24. The third kappa shape index (κ3) is 6.97. The van der Waals surface area contributed by atoms with E-state index in [2.05, 4.69) is 22.5 Å². The number of hydrogen-bond donors (Lipinski definition) is 2. The van der Waals surface area contributed by atoms with E-state index >= 15 is 0 Å². The van der Waals surface area contributed by atoms with E-state index in [1.807, 2.05) is 0 Å². The SMILES string of the molecule is C[C@@H]1CCCCN1CCNC(=O)CC[C@@H]1CCCN(C(=O)Nc2ccc(F)cc2)C1. The molecule has 2 saturated heterocycles. The first kappa shape index (κ1) is 22.5. The summed E-state index contributed by atoms with van der Waals surface area (Å²) in [5.41, 5.74) is 0.589. The number of carbonyl (C=O) groups is 2. The number of likely N-dealkylation sites (tertiary alicyclic amines) is 2. The van der Waals surface area contributed by atoms with Crippen LogP contribution in [0.25, 0.3) is 0 Å². The molecule has 7 heteroatoms. The van der Waals surface area contributed by atoms with E-state index < -0.39 is 0 Å². The molecule has 0 radical (unpaired) electrons. The zero-order valence-corrected chi connectivity index (χ0v) is 18.0. The molecule has 1 aromatic carbocycles. The number of nitrogens with zero attached hydrogens (tertiary/aromatic N) is 2. The molecule has 0 spiro atoms. The highest BCUT2D eigenvalue weighted by atomic mass is 19.1. The van der Waals surface area contributed by atoms with Gasteiger partial charge in [0.1, 0.15) is 5.82 Å². The highest BCUT2D eigenvalue weighted by Gasteiger charge is 2.24. The second-order valence-corrected chi connectivity index (χ2v) is 8.66. The Labute approximate surface area is 179 Å². The minimum Gasteiger partial charge on any atom is -0.355 e. The van der Waals surface area contributed by atoms with Gasteiger partial charge in [0.25, 0.3) is 0 Å². The van der Waals surface area contributed by atoms with Crippen molar-refractivity contribution < 1.29 is 14.0 Å². The lowest BCUT2D eigenvalue weighted by Crippen LogP contribution is -2.43. The molecule has 2 fully saturated rings. The molecule has 0 aliphatic carbocycles. The molecule has 2 aliphatic rings. The van der Waals surface area contributed by atoms with Crippen LogP contribution in [0.1, 0.15) is 51.9 Å². The number of piperidine rings is 2. The van der Waals surface area contributed by atoms with Gasteiger partial charge in [-0.1, -0.05) is 6.42 Å². The first-order valence-corrected chi connectivity index (χ1v) is 11.3. The van der Waals surface area contributed by atoms with Crippen LogP contribution >= 0.6 is 0 Å². The van der Waals surface area contributed by atoms with Crippen molar-refractivity contribution in [3.8, 4) is 0 Å². The third-order valence-corrected chi connectivity index (χ3v) is 6.34. The van der Waals surface area contributed by atoms with Crippen LogP contribution in [-0.4, -0.2) is 60.5 Å². The zero-order chi connectivity index (χ0) is 21.3. The van der Waals surface area contributed by atoms with Crippen LogP contribution in [0.5, 0.6) is 0 Å². The zero-order valence-electron chi connectivity index (χ0n) is 18.0. The van der Waals surface area contributed by atoms with E-state index in [0.717, 1.165) is 32.4 Å². The maximum atomic E-state index is 13.0. The van der Waals surface area contributed by atoms with Crippen molar-refractivity contribution in [3.63, 3.8) is 0 Å². The summed E-state index contributed by atoms with van der Waals surface area (Å²) in [4.78, 5) is 29.0. The van der Waals surface area contributed by atoms with Gasteiger partial charge in [0.05, 0.1) is 0 Å². The van der Waals surface area contributed by atoms with E-state index in [1.165, 1.54) is 31.4 Å². The number of rotatable bonds is 7. The fraction of sp³-hybridized carbons (Fsp3) is 0.652. The number of urea groups is 1. The summed E-state index contributed by atoms with van der Waals surface area (Å²) in [6.45, 7) is 6.40. The third-order valence-electron chi connectivity index (χ3n) is 6.34. The molecule has 2 atom stereocenters. The van der Waals surface area contributed by atoms with Gasteiger partial charge in [0.2, 0.25) is 5.91 Å². The van der Waals surface area contributed by atoms with Gasteiger partial charge >= 0.3 is 6.03 Å². The molecule has 0 saturated carbocycles. The molecule has 0 aromatic heterocycles. The summed E-state index contributed by atoms with van der Waals surface area (Å²) in [5.74, 6) is 0.118. The van der Waals surface area contributed by atoms with Gasteiger partial charge in [0.15, 0.2) is 0 Å². The molecular weight excluding hydrogens is 383 g/mol. The summed E-state index contributed by atoms with van der Waals surface area (Å²) in [7, 11) is 0. The molecule has 0 bridgehead atoms. The average Bonchev–Trinajstić information content (AvgIpc) is 2.75. The van der Waals surface area contributed by atoms with Crippen molar-refractivity contribution >= 4 is 17.6 Å². The Morgan fingerprint density at radius 2 is 1.90 bits per heavy atom. The minimum atomic E-state index is -0.324. The first-order valence-electron chi connectivity index (χ1n) is 11.3. The fourth-order valence-corrected chi connectivity index (χ4v) is 4.47. The smallest absolute Gasteiger partial charge is 0.321 e. The van der Waals surface area contributed by atoms with Gasteiger partial charge in [0, 0.05) is 44.3 Å². The molecule has 2 N–H and O–H groups in total. The van der Waals surface area contributed by atoms with E-state index in [-0.39, 0.29) is 17.8 Å². The monoisotopic (exact) mass is 418 g/mol. The topological polar surface area (TPSA) is 64.7 Å². The Balaban J connectivity index is 1.34. The molecule has 6 nitrogen and oxygen atoms in total. The highest BCUT2D eigenvalue weighted by molar-refractivity contribution is 5.89. The van der Waals surface area contributed by atoms with E-state index in [1.54, 1.807) is 17.0 Å². The van der Waals surface area contributed by atoms with Crippen molar-refractivity contribution in [2.75, 3.05) is 38.0 Å². The largest absolute Gasteiger partial charge is 0.355 e. The number of benzene rings is 1. The van der Waals surface area contributed by atoms with Crippen molar-refractivity contribution in [1.82, 2.24) is 15.1 Å². The van der Waals surface area contributed by atoms with Crippen LogP contribution in [0.2, 0.25) is 0 Å². The van der Waals surface area contributed by atoms with Gasteiger partial charge < -0.3 is 15.5 Å². The molecule has 3 rings (SSSR count). The lowest BCUT2D eigenvalue weighted by Gasteiger charge is -2.33. The van der Waals surface area contributed by atoms with Gasteiger partial charge in [-0.3, -0.25) is 9.69 Å². The lowest BCUT2D eigenvalue weighted by atomic mass is 9.93. The Hall–Kier alpha value is -2.15.